The van der Waals surface area contributed by atoms with E-state index in [4.69, 9.17) is 0 Å². The molecule has 2 aliphatic rings. The zero-order chi connectivity index (χ0) is 19.0. The number of thiophene rings is 1. The normalized spacial score (nSPS) is 23.9. The van der Waals surface area contributed by atoms with E-state index < -0.39 is 0 Å². The minimum Gasteiger partial charge on any atom is -0.353 e. The van der Waals surface area contributed by atoms with Crippen LogP contribution in [0, 0.1) is 18.8 Å². The lowest BCUT2D eigenvalue weighted by atomic mass is 9.86. The van der Waals surface area contributed by atoms with Crippen LogP contribution in [-0.4, -0.2) is 17.9 Å². The van der Waals surface area contributed by atoms with Gasteiger partial charge in [0.2, 0.25) is 11.8 Å². The third-order valence-electron chi connectivity index (χ3n) is 5.78. The predicted octanol–water partition coefficient (Wildman–Crippen LogP) is 4.46. The molecular formula is C22H26N2O2S. The molecule has 4 nitrogen and oxygen atoms in total. The molecule has 27 heavy (non-hydrogen) atoms. The number of carbonyl (C=O) groups is 2. The van der Waals surface area contributed by atoms with Crippen LogP contribution in [0.4, 0.5) is 5.69 Å². The average Bonchev–Trinajstić information content (AvgIpc) is 3.37. The summed E-state index contributed by atoms with van der Waals surface area (Å²) in [5.41, 5.74) is 2.03. The van der Waals surface area contributed by atoms with E-state index in [0.717, 1.165) is 16.1 Å². The second-order valence-electron chi connectivity index (χ2n) is 7.84. The molecular weight excluding hydrogens is 356 g/mol. The van der Waals surface area contributed by atoms with Crippen LogP contribution in [0.2, 0.25) is 0 Å². The van der Waals surface area contributed by atoms with E-state index in [1.54, 1.807) is 11.3 Å². The molecule has 4 rings (SSSR count). The van der Waals surface area contributed by atoms with Crippen molar-refractivity contribution in [2.75, 3.05) is 4.90 Å². The number of aryl methyl sites for hydroxylation is 1. The van der Waals surface area contributed by atoms with Gasteiger partial charge in [0.15, 0.2) is 0 Å². The van der Waals surface area contributed by atoms with Crippen LogP contribution in [0.1, 0.15) is 49.1 Å². The highest BCUT2D eigenvalue weighted by atomic mass is 32.1. The highest BCUT2D eigenvalue weighted by Crippen LogP contribution is 2.42. The molecule has 5 heteroatoms. The van der Waals surface area contributed by atoms with Gasteiger partial charge < -0.3 is 10.2 Å². The lowest BCUT2D eigenvalue weighted by Crippen LogP contribution is -2.49. The quantitative estimate of drug-likeness (QED) is 0.830. The van der Waals surface area contributed by atoms with E-state index in [1.165, 1.54) is 12.8 Å². The Bertz CT molecular complexity index is 811. The summed E-state index contributed by atoms with van der Waals surface area (Å²) in [6, 6.07) is 12.0. The molecule has 0 bridgehead atoms. The number of carbonyl (C=O) groups excluding carboxylic acids is 2. The van der Waals surface area contributed by atoms with Crippen LogP contribution < -0.4 is 10.2 Å². The van der Waals surface area contributed by atoms with Crippen LogP contribution in [0.5, 0.6) is 0 Å². The first-order valence-electron chi connectivity index (χ1n) is 9.77. The summed E-state index contributed by atoms with van der Waals surface area (Å²) >= 11 is 1.62. The van der Waals surface area contributed by atoms with Crippen molar-refractivity contribution < 1.29 is 9.59 Å². The lowest BCUT2D eigenvalue weighted by Gasteiger charge is -2.40. The van der Waals surface area contributed by atoms with Crippen molar-refractivity contribution in [3.8, 4) is 0 Å². The highest BCUT2D eigenvalue weighted by Gasteiger charge is 2.42. The predicted molar refractivity (Wildman–Crippen MR) is 109 cm³/mol. The van der Waals surface area contributed by atoms with Gasteiger partial charge in [-0.3, -0.25) is 9.59 Å². The second kappa shape index (κ2) is 7.47. The standard InChI is InChI=1S/C22H26N2O2S/c1-14-5-9-17(10-6-14)24-20(25)12-11-18(21(24)19-4-3-13-27-19)22(26)23-15(2)16-7-8-16/h3-6,9-10,13,15-16,18,21H,7-8,11-12H2,1-2H3,(H,23,26). The fourth-order valence-corrected chi connectivity index (χ4v) is 4.89. The molecule has 2 fully saturated rings. The smallest absolute Gasteiger partial charge is 0.227 e. The molecule has 2 aromatic rings. The van der Waals surface area contributed by atoms with Gasteiger partial charge in [0, 0.05) is 23.0 Å². The van der Waals surface area contributed by atoms with Gasteiger partial charge in [0.05, 0.1) is 12.0 Å². The average molecular weight is 383 g/mol. The van der Waals surface area contributed by atoms with E-state index in [2.05, 4.69) is 12.2 Å². The van der Waals surface area contributed by atoms with Crippen LogP contribution >= 0.6 is 11.3 Å². The fourth-order valence-electron chi connectivity index (χ4n) is 4.01. The molecule has 1 aromatic carbocycles. The molecule has 1 N–H and O–H groups in total. The zero-order valence-electron chi connectivity index (χ0n) is 15.9. The topological polar surface area (TPSA) is 49.4 Å². The van der Waals surface area contributed by atoms with Gasteiger partial charge in [-0.25, -0.2) is 0 Å². The molecule has 1 saturated carbocycles. The highest BCUT2D eigenvalue weighted by molar-refractivity contribution is 7.10. The van der Waals surface area contributed by atoms with Crippen molar-refractivity contribution in [2.24, 2.45) is 11.8 Å². The summed E-state index contributed by atoms with van der Waals surface area (Å²) in [7, 11) is 0. The number of nitrogens with zero attached hydrogens (tertiary/aromatic N) is 1. The van der Waals surface area contributed by atoms with Crippen molar-refractivity contribution in [3.63, 3.8) is 0 Å². The SMILES string of the molecule is Cc1ccc(N2C(=O)CCC(C(=O)NC(C)C3CC3)C2c2cccs2)cc1. The minimum absolute atomic E-state index is 0.0809. The van der Waals surface area contributed by atoms with Crippen molar-refractivity contribution in [3.05, 3.63) is 52.2 Å². The molecule has 0 spiro atoms. The Labute approximate surface area is 164 Å². The number of piperidine rings is 1. The molecule has 0 radical (unpaired) electrons. The van der Waals surface area contributed by atoms with Gasteiger partial charge in [-0.2, -0.15) is 0 Å². The van der Waals surface area contributed by atoms with Crippen molar-refractivity contribution >= 4 is 28.8 Å². The summed E-state index contributed by atoms with van der Waals surface area (Å²) in [5.74, 6) is 0.574. The van der Waals surface area contributed by atoms with Crippen LogP contribution in [0.15, 0.2) is 41.8 Å². The monoisotopic (exact) mass is 382 g/mol. The molecule has 2 heterocycles. The molecule has 1 aliphatic heterocycles. The van der Waals surface area contributed by atoms with Crippen molar-refractivity contribution in [1.82, 2.24) is 5.32 Å². The van der Waals surface area contributed by atoms with Gasteiger partial charge in [-0.05, 0) is 62.6 Å². The molecule has 3 atom stereocenters. The first kappa shape index (κ1) is 18.2. The summed E-state index contributed by atoms with van der Waals surface area (Å²) in [5, 5.41) is 5.24. The third kappa shape index (κ3) is 3.79. The molecule has 1 saturated heterocycles. The third-order valence-corrected chi connectivity index (χ3v) is 6.72. The Morgan fingerprint density at radius 2 is 1.93 bits per heavy atom. The summed E-state index contributed by atoms with van der Waals surface area (Å²) < 4.78 is 0. The Hall–Kier alpha value is -2.14. The van der Waals surface area contributed by atoms with E-state index in [9.17, 15) is 9.59 Å². The summed E-state index contributed by atoms with van der Waals surface area (Å²) in [6.45, 7) is 4.13. The zero-order valence-corrected chi connectivity index (χ0v) is 16.7. The largest absolute Gasteiger partial charge is 0.353 e. The Morgan fingerprint density at radius 3 is 2.56 bits per heavy atom. The molecule has 1 aromatic heterocycles. The molecule has 142 valence electrons. The minimum atomic E-state index is -0.236. The second-order valence-corrected chi connectivity index (χ2v) is 8.82. The number of nitrogens with one attached hydrogen (secondary N) is 1. The molecule has 3 unspecified atom stereocenters. The van der Waals surface area contributed by atoms with E-state index in [1.807, 2.05) is 53.6 Å². The number of amides is 2. The van der Waals surface area contributed by atoms with Gasteiger partial charge in [-0.1, -0.05) is 23.8 Å². The van der Waals surface area contributed by atoms with Crippen molar-refractivity contribution in [1.29, 1.82) is 0 Å². The van der Waals surface area contributed by atoms with Gasteiger partial charge in [0.25, 0.3) is 0 Å². The van der Waals surface area contributed by atoms with Gasteiger partial charge >= 0.3 is 0 Å². The summed E-state index contributed by atoms with van der Waals surface area (Å²) in [6.07, 6.45) is 3.42. The maximum absolute atomic E-state index is 13.1. The number of benzene rings is 1. The maximum Gasteiger partial charge on any atom is 0.227 e. The van der Waals surface area contributed by atoms with E-state index >= 15 is 0 Å². The molecule has 1 aliphatic carbocycles. The first-order chi connectivity index (χ1) is 13.0. The maximum atomic E-state index is 13.1. The Kier molecular flexibility index (Phi) is 5.04. The Morgan fingerprint density at radius 1 is 1.19 bits per heavy atom. The first-order valence-corrected chi connectivity index (χ1v) is 10.6. The van der Waals surface area contributed by atoms with E-state index in [-0.39, 0.29) is 29.8 Å². The number of anilines is 1. The number of hydrogen-bond donors (Lipinski definition) is 1. The molecule has 2 amide bonds. The van der Waals surface area contributed by atoms with Crippen LogP contribution in [-0.2, 0) is 9.59 Å². The van der Waals surface area contributed by atoms with Crippen LogP contribution in [0.3, 0.4) is 0 Å². The van der Waals surface area contributed by atoms with Gasteiger partial charge in [-0.15, -0.1) is 11.3 Å². The summed E-state index contributed by atoms with van der Waals surface area (Å²) in [4.78, 5) is 29.0. The lowest BCUT2D eigenvalue weighted by molar-refractivity contribution is -0.129. The van der Waals surface area contributed by atoms with E-state index in [0.29, 0.717) is 18.8 Å². The fraction of sp³-hybridized carbons (Fsp3) is 0.455. The number of rotatable bonds is 5. The van der Waals surface area contributed by atoms with Gasteiger partial charge in [0.1, 0.15) is 0 Å². The van der Waals surface area contributed by atoms with Crippen molar-refractivity contribution in [2.45, 2.75) is 51.6 Å². The van der Waals surface area contributed by atoms with Crippen LogP contribution in [0.25, 0.3) is 0 Å². The Balaban J connectivity index is 1.67. The number of hydrogen-bond acceptors (Lipinski definition) is 3.